The summed E-state index contributed by atoms with van der Waals surface area (Å²) in [6, 6.07) is 6.79. The van der Waals surface area contributed by atoms with Crippen LogP contribution >= 0.6 is 11.3 Å². The summed E-state index contributed by atoms with van der Waals surface area (Å²) in [4.78, 5) is 40.3. The fraction of sp³-hybridized carbons (Fsp3) is 0.464. The summed E-state index contributed by atoms with van der Waals surface area (Å²) in [5.41, 5.74) is 1.50. The van der Waals surface area contributed by atoms with Gasteiger partial charge in [-0.2, -0.15) is 0 Å². The number of nitrogens with one attached hydrogen (secondary N) is 2. The molecule has 1 aliphatic rings. The zero-order valence-corrected chi connectivity index (χ0v) is 24.2. The minimum absolute atomic E-state index is 0.0236. The van der Waals surface area contributed by atoms with Gasteiger partial charge in [0.2, 0.25) is 0 Å². The predicted molar refractivity (Wildman–Crippen MR) is 150 cm³/mol. The number of rotatable bonds is 8. The lowest BCUT2D eigenvalue weighted by atomic mass is 9.99. The van der Waals surface area contributed by atoms with E-state index in [-0.39, 0.29) is 18.4 Å². The van der Waals surface area contributed by atoms with Gasteiger partial charge >= 0.3 is 12.1 Å². The number of piperidine rings is 1. The third kappa shape index (κ3) is 7.95. The van der Waals surface area contributed by atoms with E-state index in [1.165, 1.54) is 30.7 Å². The first kappa shape index (κ1) is 29.3. The molecule has 10 nitrogen and oxygen atoms in total. The Morgan fingerprint density at radius 3 is 2.75 bits per heavy atom. The molecule has 0 aliphatic carbocycles. The van der Waals surface area contributed by atoms with Gasteiger partial charge in [0, 0.05) is 30.4 Å². The largest absolute Gasteiger partial charge is 0.465 e. The maximum Gasteiger partial charge on any atom is 0.407 e. The molecule has 1 aromatic carbocycles. The number of methoxy groups -OCH3 is 1. The number of nitrogens with zero attached hydrogens (tertiary/aromatic N) is 4. The molecule has 12 heteroatoms. The van der Waals surface area contributed by atoms with Crippen LogP contribution in [-0.4, -0.2) is 51.2 Å². The highest BCUT2D eigenvalue weighted by Gasteiger charge is 2.27. The minimum Gasteiger partial charge on any atom is -0.465 e. The van der Waals surface area contributed by atoms with Crippen molar-refractivity contribution in [2.45, 2.75) is 71.7 Å². The van der Waals surface area contributed by atoms with Crippen LogP contribution in [0, 0.1) is 12.7 Å². The van der Waals surface area contributed by atoms with Crippen molar-refractivity contribution < 1.29 is 23.5 Å². The lowest BCUT2D eigenvalue weighted by Crippen LogP contribution is -2.34. The molecule has 4 rings (SSSR count). The number of hydrogen-bond acceptors (Lipinski definition) is 10. The van der Waals surface area contributed by atoms with E-state index in [9.17, 15) is 14.0 Å². The molecule has 0 radical (unpaired) electrons. The fourth-order valence-corrected chi connectivity index (χ4v) is 5.23. The van der Waals surface area contributed by atoms with E-state index in [0.29, 0.717) is 33.8 Å². The van der Waals surface area contributed by atoms with Gasteiger partial charge in [-0.1, -0.05) is 23.8 Å². The average molecular weight is 571 g/mol. The number of benzene rings is 1. The molecule has 1 unspecified atom stereocenters. The van der Waals surface area contributed by atoms with Crippen LogP contribution in [0.15, 0.2) is 30.5 Å². The number of alkyl carbamates (subject to hydrolysis) is 1. The summed E-state index contributed by atoms with van der Waals surface area (Å²) >= 11 is 1.19. The number of esters is 1. The molecule has 1 atom stereocenters. The monoisotopic (exact) mass is 570 g/mol. The second kappa shape index (κ2) is 12.7. The van der Waals surface area contributed by atoms with Crippen LogP contribution in [0.25, 0.3) is 0 Å². The van der Waals surface area contributed by atoms with Crippen molar-refractivity contribution in [2.24, 2.45) is 0 Å². The Bertz CT molecular complexity index is 1360. The quantitative estimate of drug-likeness (QED) is 0.331. The van der Waals surface area contributed by atoms with Crippen LogP contribution in [-0.2, 0) is 22.6 Å². The maximum absolute atomic E-state index is 14.5. The Kier molecular flexibility index (Phi) is 9.31. The third-order valence-electron chi connectivity index (χ3n) is 6.23. The summed E-state index contributed by atoms with van der Waals surface area (Å²) in [6.07, 6.45) is 3.85. The lowest BCUT2D eigenvalue weighted by Gasteiger charge is -2.35. The summed E-state index contributed by atoms with van der Waals surface area (Å²) in [5.74, 6) is 0.467. The van der Waals surface area contributed by atoms with Gasteiger partial charge in [0.15, 0.2) is 5.13 Å². The number of carbonyl (C=O) groups excluding carboxylic acids is 2. The van der Waals surface area contributed by atoms with Crippen molar-refractivity contribution in [1.29, 1.82) is 0 Å². The SMILES string of the molecule is COC(=O)c1cnc(Nc2cc(C)nc(C3CCCCN3Cc3ccc(F)c(CNC(=O)OC(C)(C)C)c3)n2)s1. The molecule has 40 heavy (non-hydrogen) atoms. The zero-order chi connectivity index (χ0) is 28.9. The van der Waals surface area contributed by atoms with E-state index in [2.05, 4.69) is 20.5 Å². The Morgan fingerprint density at radius 2 is 2.00 bits per heavy atom. The third-order valence-corrected chi connectivity index (χ3v) is 7.12. The molecule has 1 amide bonds. The minimum atomic E-state index is -0.632. The normalized spacial score (nSPS) is 15.9. The molecule has 0 spiro atoms. The van der Waals surface area contributed by atoms with Crippen LogP contribution in [0.3, 0.4) is 0 Å². The summed E-state index contributed by atoms with van der Waals surface area (Å²) in [6.45, 7) is 8.71. The lowest BCUT2D eigenvalue weighted by molar-refractivity contribution is 0.0522. The molecule has 0 saturated carbocycles. The first-order valence-electron chi connectivity index (χ1n) is 13.2. The standard InChI is InChI=1S/C28H35FN6O4S/c1-17-12-23(34-26-30-15-22(40-26)25(36)38-5)33-24(32-17)21-8-6-7-11-35(21)16-18-9-10-20(29)19(13-18)14-31-27(37)39-28(2,3)4/h9-10,12-13,15,21H,6-8,11,14,16H2,1-5H3,(H,31,37)(H,30,32,33,34). The Morgan fingerprint density at radius 1 is 1.20 bits per heavy atom. The summed E-state index contributed by atoms with van der Waals surface area (Å²) in [5, 5.41) is 6.35. The van der Waals surface area contributed by atoms with Gasteiger partial charge in [-0.15, -0.1) is 0 Å². The van der Waals surface area contributed by atoms with E-state index in [1.54, 1.807) is 32.9 Å². The molecule has 1 aliphatic heterocycles. The number of hydrogen-bond donors (Lipinski definition) is 2. The number of aromatic nitrogens is 3. The van der Waals surface area contributed by atoms with Gasteiger partial charge in [0.1, 0.15) is 27.9 Å². The van der Waals surface area contributed by atoms with Crippen LogP contribution in [0.1, 0.15) is 78.4 Å². The van der Waals surface area contributed by atoms with Gasteiger partial charge < -0.3 is 20.1 Å². The maximum atomic E-state index is 14.5. The fourth-order valence-electron chi connectivity index (χ4n) is 4.49. The Labute approximate surface area is 237 Å². The van der Waals surface area contributed by atoms with Gasteiger partial charge in [0.25, 0.3) is 0 Å². The topological polar surface area (TPSA) is 119 Å². The number of ether oxygens (including phenoxy) is 2. The highest BCUT2D eigenvalue weighted by Crippen LogP contribution is 2.32. The number of halogens is 1. The number of carbonyl (C=O) groups is 2. The highest BCUT2D eigenvalue weighted by atomic mass is 32.1. The Balaban J connectivity index is 1.48. The molecule has 0 bridgehead atoms. The molecule has 1 fully saturated rings. The summed E-state index contributed by atoms with van der Waals surface area (Å²) in [7, 11) is 1.33. The molecule has 3 heterocycles. The number of amides is 1. The van der Waals surface area contributed by atoms with Crippen molar-refractivity contribution in [3.8, 4) is 0 Å². The van der Waals surface area contributed by atoms with E-state index in [1.807, 2.05) is 13.0 Å². The average Bonchev–Trinajstić information content (AvgIpc) is 3.36. The van der Waals surface area contributed by atoms with Gasteiger partial charge in [-0.3, -0.25) is 4.90 Å². The van der Waals surface area contributed by atoms with Gasteiger partial charge in [-0.25, -0.2) is 28.9 Å². The van der Waals surface area contributed by atoms with Crippen LogP contribution in [0.5, 0.6) is 0 Å². The molecule has 1 saturated heterocycles. The van der Waals surface area contributed by atoms with Crippen LogP contribution in [0.4, 0.5) is 20.1 Å². The second-order valence-electron chi connectivity index (χ2n) is 10.7. The molecular weight excluding hydrogens is 535 g/mol. The number of thiazole rings is 1. The zero-order valence-electron chi connectivity index (χ0n) is 23.4. The molecule has 2 aromatic heterocycles. The molecule has 3 aromatic rings. The van der Waals surface area contributed by atoms with Crippen LogP contribution in [0.2, 0.25) is 0 Å². The van der Waals surface area contributed by atoms with Gasteiger partial charge in [-0.05, 0) is 64.8 Å². The molecule has 214 valence electrons. The van der Waals surface area contributed by atoms with Gasteiger partial charge in [0.05, 0.1) is 19.3 Å². The smallest absolute Gasteiger partial charge is 0.407 e. The van der Waals surface area contributed by atoms with Crippen molar-refractivity contribution in [2.75, 3.05) is 19.0 Å². The molecular formula is C28H35FN6O4S. The predicted octanol–water partition coefficient (Wildman–Crippen LogP) is 5.66. The van der Waals surface area contributed by atoms with Crippen molar-refractivity contribution in [3.63, 3.8) is 0 Å². The van der Waals surface area contributed by atoms with Crippen molar-refractivity contribution in [1.82, 2.24) is 25.2 Å². The van der Waals surface area contributed by atoms with Crippen LogP contribution < -0.4 is 10.6 Å². The summed E-state index contributed by atoms with van der Waals surface area (Å²) < 4.78 is 24.6. The Hall–Kier alpha value is -3.64. The number of aryl methyl sites for hydroxylation is 1. The van der Waals surface area contributed by atoms with E-state index < -0.39 is 17.7 Å². The highest BCUT2D eigenvalue weighted by molar-refractivity contribution is 7.17. The first-order chi connectivity index (χ1) is 19.0. The van der Waals surface area contributed by atoms with Crippen molar-refractivity contribution in [3.05, 3.63) is 63.8 Å². The van der Waals surface area contributed by atoms with E-state index in [4.69, 9.17) is 19.4 Å². The number of anilines is 2. The van der Waals surface area contributed by atoms with Crippen molar-refractivity contribution >= 4 is 34.3 Å². The van der Waals surface area contributed by atoms with E-state index in [0.717, 1.165) is 37.1 Å². The number of likely N-dealkylation sites (tertiary alicyclic amines) is 1. The first-order valence-corrected chi connectivity index (χ1v) is 14.0. The second-order valence-corrected chi connectivity index (χ2v) is 11.7. The molecule has 2 N–H and O–H groups in total. The van der Waals surface area contributed by atoms with E-state index >= 15 is 0 Å².